The molecule has 0 aliphatic heterocycles. The zero-order valence-electron chi connectivity index (χ0n) is 12.0. The van der Waals surface area contributed by atoms with Crippen molar-refractivity contribution in [1.29, 1.82) is 0 Å². The largest absolute Gasteiger partial charge is 0.455 e. The number of ether oxygens (including phenoxy) is 1. The molecule has 0 spiro atoms. The summed E-state index contributed by atoms with van der Waals surface area (Å²) in [6.07, 6.45) is -2.15. The number of hydrogen-bond donors (Lipinski definition) is 0. The summed E-state index contributed by atoms with van der Waals surface area (Å²) < 4.78 is 48.4. The molecule has 0 amide bonds. The second-order valence-electron chi connectivity index (χ2n) is 6.00. The Morgan fingerprint density at radius 2 is 1.55 bits per heavy atom. The summed E-state index contributed by atoms with van der Waals surface area (Å²) >= 11 is 11.5. The van der Waals surface area contributed by atoms with E-state index in [0.29, 0.717) is 25.7 Å². The van der Waals surface area contributed by atoms with Crippen LogP contribution in [0.15, 0.2) is 12.7 Å². The van der Waals surface area contributed by atoms with Gasteiger partial charge in [-0.05, 0) is 25.7 Å². The SMILES string of the molecule is C=CC(=O)OC1(C2C(F)C(Cl)C(F)C(Cl)C2F)CCCCC1. The van der Waals surface area contributed by atoms with Gasteiger partial charge in [-0.25, -0.2) is 18.0 Å². The van der Waals surface area contributed by atoms with E-state index in [9.17, 15) is 18.0 Å². The van der Waals surface area contributed by atoms with Gasteiger partial charge in [0.25, 0.3) is 0 Å². The van der Waals surface area contributed by atoms with E-state index < -0.39 is 46.8 Å². The topological polar surface area (TPSA) is 26.3 Å². The average Bonchev–Trinajstić information content (AvgIpc) is 2.52. The van der Waals surface area contributed by atoms with Gasteiger partial charge in [-0.15, -0.1) is 23.2 Å². The summed E-state index contributed by atoms with van der Waals surface area (Å²) in [5.41, 5.74) is -1.34. The maximum absolute atomic E-state index is 14.6. The van der Waals surface area contributed by atoms with Crippen molar-refractivity contribution >= 4 is 29.2 Å². The van der Waals surface area contributed by atoms with E-state index in [1.807, 2.05) is 0 Å². The molecule has 4 unspecified atom stereocenters. The summed E-state index contributed by atoms with van der Waals surface area (Å²) in [6, 6.07) is 0. The predicted octanol–water partition coefficient (Wildman–Crippen LogP) is 4.28. The fraction of sp³-hybridized carbons (Fsp3) is 0.800. The summed E-state index contributed by atoms with van der Waals surface area (Å²) in [4.78, 5) is 11.6. The minimum Gasteiger partial charge on any atom is -0.455 e. The molecule has 4 atom stereocenters. The van der Waals surface area contributed by atoms with Gasteiger partial charge >= 0.3 is 5.97 Å². The van der Waals surface area contributed by atoms with Crippen molar-refractivity contribution in [3.63, 3.8) is 0 Å². The summed E-state index contributed by atoms with van der Waals surface area (Å²) in [7, 11) is 0. The van der Waals surface area contributed by atoms with Crippen molar-refractivity contribution in [2.75, 3.05) is 0 Å². The normalized spacial score (nSPS) is 41.7. The van der Waals surface area contributed by atoms with Gasteiger partial charge in [-0.1, -0.05) is 13.0 Å². The van der Waals surface area contributed by atoms with Crippen molar-refractivity contribution in [2.45, 2.75) is 67.0 Å². The second kappa shape index (κ2) is 7.00. The maximum atomic E-state index is 14.6. The molecule has 2 saturated carbocycles. The first kappa shape index (κ1) is 17.9. The zero-order chi connectivity index (χ0) is 16.5. The highest BCUT2D eigenvalue weighted by Crippen LogP contribution is 2.49. The van der Waals surface area contributed by atoms with Crippen LogP contribution in [0.2, 0.25) is 0 Å². The van der Waals surface area contributed by atoms with Crippen LogP contribution in [0.3, 0.4) is 0 Å². The van der Waals surface area contributed by atoms with Crippen molar-refractivity contribution in [1.82, 2.24) is 0 Å². The van der Waals surface area contributed by atoms with Crippen LogP contribution < -0.4 is 0 Å². The highest BCUT2D eigenvalue weighted by Gasteiger charge is 2.60. The quantitative estimate of drug-likeness (QED) is 0.427. The van der Waals surface area contributed by atoms with Crippen LogP contribution in [-0.4, -0.2) is 40.8 Å². The molecule has 0 saturated heterocycles. The molecule has 0 aromatic rings. The Balaban J connectivity index is 2.36. The third-order valence-electron chi connectivity index (χ3n) is 4.68. The van der Waals surface area contributed by atoms with Crippen LogP contribution in [0.25, 0.3) is 0 Å². The first-order valence-electron chi connectivity index (χ1n) is 7.40. The Bertz CT molecular complexity index is 413. The number of halogens is 5. The Kier molecular flexibility index (Phi) is 5.70. The van der Waals surface area contributed by atoms with E-state index in [0.717, 1.165) is 12.5 Å². The van der Waals surface area contributed by atoms with Gasteiger partial charge in [0.05, 0.1) is 16.7 Å². The van der Waals surface area contributed by atoms with Gasteiger partial charge in [0.1, 0.15) is 24.1 Å². The number of carbonyl (C=O) groups excluding carboxylic acids is 1. The van der Waals surface area contributed by atoms with E-state index >= 15 is 0 Å². The Morgan fingerprint density at radius 1 is 1.05 bits per heavy atom. The summed E-state index contributed by atoms with van der Waals surface area (Å²) in [5.74, 6) is -2.12. The minimum atomic E-state index is -1.99. The Morgan fingerprint density at radius 3 is 2.00 bits per heavy atom. The van der Waals surface area contributed by atoms with Crippen molar-refractivity contribution in [3.05, 3.63) is 12.7 Å². The van der Waals surface area contributed by atoms with Crippen LogP contribution in [0, 0.1) is 5.92 Å². The lowest BCUT2D eigenvalue weighted by atomic mass is 9.67. The van der Waals surface area contributed by atoms with E-state index in [-0.39, 0.29) is 0 Å². The van der Waals surface area contributed by atoms with E-state index in [1.54, 1.807) is 0 Å². The number of rotatable bonds is 3. The predicted molar refractivity (Wildman–Crippen MR) is 79.6 cm³/mol. The minimum absolute atomic E-state index is 0.308. The molecule has 0 aromatic carbocycles. The van der Waals surface area contributed by atoms with Crippen LogP contribution in [-0.2, 0) is 9.53 Å². The standard InChI is InChI=1S/C15H19Cl2F3O2/c1-2-8(21)22-15(6-4-3-5-7-15)9-12(18)10(16)14(20)11(17)13(9)19/h2,9-14H,1,3-7H2. The number of hydrogen-bond acceptors (Lipinski definition) is 2. The van der Waals surface area contributed by atoms with E-state index in [4.69, 9.17) is 27.9 Å². The molecule has 0 N–H and O–H groups in total. The molecule has 0 bridgehead atoms. The monoisotopic (exact) mass is 358 g/mol. The molecule has 0 radical (unpaired) electrons. The molecule has 7 heteroatoms. The first-order valence-corrected chi connectivity index (χ1v) is 8.27. The van der Waals surface area contributed by atoms with Gasteiger partial charge in [0.15, 0.2) is 0 Å². The van der Waals surface area contributed by atoms with Crippen molar-refractivity contribution in [3.8, 4) is 0 Å². The summed E-state index contributed by atoms with van der Waals surface area (Å²) in [5, 5.41) is -3.11. The summed E-state index contributed by atoms with van der Waals surface area (Å²) in [6.45, 7) is 3.31. The molecular weight excluding hydrogens is 340 g/mol. The number of alkyl halides is 5. The lowest BCUT2D eigenvalue weighted by Gasteiger charge is -2.49. The molecule has 0 aromatic heterocycles. The Labute approximate surface area is 138 Å². The lowest BCUT2D eigenvalue weighted by Crippen LogP contribution is -2.62. The molecule has 22 heavy (non-hydrogen) atoms. The van der Waals surface area contributed by atoms with E-state index in [2.05, 4.69) is 6.58 Å². The van der Waals surface area contributed by atoms with E-state index in [1.165, 1.54) is 0 Å². The molecule has 2 fully saturated rings. The highest BCUT2D eigenvalue weighted by molar-refractivity contribution is 6.25. The van der Waals surface area contributed by atoms with Crippen LogP contribution in [0.4, 0.5) is 13.2 Å². The molecule has 2 nitrogen and oxygen atoms in total. The molecule has 126 valence electrons. The molecule has 2 rings (SSSR count). The number of esters is 1. The van der Waals surface area contributed by atoms with Gasteiger partial charge in [-0.2, -0.15) is 0 Å². The van der Waals surface area contributed by atoms with Crippen molar-refractivity contribution in [2.24, 2.45) is 5.92 Å². The Hall–Kier alpha value is -0.420. The fourth-order valence-electron chi connectivity index (χ4n) is 3.57. The van der Waals surface area contributed by atoms with Gasteiger partial charge in [0.2, 0.25) is 0 Å². The highest BCUT2D eigenvalue weighted by atomic mass is 35.5. The molecule has 0 heterocycles. The fourth-order valence-corrected chi connectivity index (χ4v) is 4.28. The maximum Gasteiger partial charge on any atom is 0.330 e. The smallest absolute Gasteiger partial charge is 0.330 e. The van der Waals surface area contributed by atoms with Gasteiger partial charge in [-0.3, -0.25) is 0 Å². The average molecular weight is 359 g/mol. The van der Waals surface area contributed by atoms with Crippen LogP contribution >= 0.6 is 23.2 Å². The third kappa shape index (κ3) is 3.12. The molecule has 2 aliphatic carbocycles. The van der Waals surface area contributed by atoms with Gasteiger partial charge in [0, 0.05) is 6.08 Å². The third-order valence-corrected chi connectivity index (χ3v) is 5.64. The zero-order valence-corrected chi connectivity index (χ0v) is 13.5. The van der Waals surface area contributed by atoms with Crippen LogP contribution in [0.5, 0.6) is 0 Å². The number of carbonyl (C=O) groups is 1. The molecular formula is C15H19Cl2F3O2. The van der Waals surface area contributed by atoms with Crippen molar-refractivity contribution < 1.29 is 22.7 Å². The second-order valence-corrected chi connectivity index (χ2v) is 7.01. The first-order chi connectivity index (χ1) is 10.3. The lowest BCUT2D eigenvalue weighted by molar-refractivity contribution is -0.179. The van der Waals surface area contributed by atoms with Crippen LogP contribution in [0.1, 0.15) is 32.1 Å². The molecule has 2 aliphatic rings. The van der Waals surface area contributed by atoms with Gasteiger partial charge < -0.3 is 4.74 Å².